The molecule has 0 bridgehead atoms. The predicted molar refractivity (Wildman–Crippen MR) is 66.7 cm³/mol. The Morgan fingerprint density at radius 3 is 1.18 bits per heavy atom. The van der Waals surface area contributed by atoms with Crippen molar-refractivity contribution < 1.29 is 19.5 Å². The third kappa shape index (κ3) is 3.47. The second-order valence-corrected chi connectivity index (χ2v) is 3.87. The third-order valence-electron chi connectivity index (χ3n) is 2.76. The summed E-state index contributed by atoms with van der Waals surface area (Å²) in [6.45, 7) is 0. The molecule has 0 amide bonds. The van der Waals surface area contributed by atoms with Gasteiger partial charge >= 0.3 is 0 Å². The molecule has 0 saturated heterocycles. The largest absolute Gasteiger partial charge is 0.322 e. The molecule has 2 aromatic rings. The van der Waals surface area contributed by atoms with Crippen LogP contribution in [-0.2, 0) is 19.5 Å². The Morgan fingerprint density at radius 1 is 0.588 bits per heavy atom. The van der Waals surface area contributed by atoms with Gasteiger partial charge < -0.3 is 11.5 Å². The molecule has 2 atom stereocenters. The number of hydrogen-bond donors (Lipinski definition) is 2. The van der Waals surface area contributed by atoms with Crippen LogP contribution in [0.1, 0.15) is 23.2 Å². The Kier molecular flexibility index (Phi) is 5.50. The topological polar surface area (TPSA) is 52.0 Å². The van der Waals surface area contributed by atoms with Crippen molar-refractivity contribution in [3.8, 4) is 0 Å². The molecule has 2 nitrogen and oxygen atoms in total. The Labute approximate surface area is 115 Å². The molecule has 4 N–H and O–H groups in total. The van der Waals surface area contributed by atoms with E-state index in [2.05, 4.69) is 0 Å². The minimum atomic E-state index is -0.163. The van der Waals surface area contributed by atoms with Crippen molar-refractivity contribution in [2.75, 3.05) is 0 Å². The molecule has 0 radical (unpaired) electrons. The summed E-state index contributed by atoms with van der Waals surface area (Å²) in [5, 5.41) is 0. The summed E-state index contributed by atoms with van der Waals surface area (Å²) in [5.41, 5.74) is 14.4. The van der Waals surface area contributed by atoms with Crippen LogP contribution in [0.5, 0.6) is 0 Å². The van der Waals surface area contributed by atoms with Crippen molar-refractivity contribution in [2.45, 2.75) is 12.1 Å². The first-order valence-corrected chi connectivity index (χ1v) is 5.40. The first kappa shape index (κ1) is 14.0. The molecule has 0 aliphatic carbocycles. The number of nitrogens with two attached hydrogens (primary N) is 2. The van der Waals surface area contributed by atoms with Crippen LogP contribution >= 0.6 is 0 Å². The second-order valence-electron chi connectivity index (χ2n) is 3.87. The summed E-state index contributed by atoms with van der Waals surface area (Å²) in [7, 11) is 0. The molecule has 0 aliphatic rings. The molecule has 3 heteroatoms. The Morgan fingerprint density at radius 2 is 0.882 bits per heavy atom. The summed E-state index contributed by atoms with van der Waals surface area (Å²) >= 11 is 0. The Hall–Kier alpha value is -1.02. The smallest absolute Gasteiger partial charge is 0.0491 e. The van der Waals surface area contributed by atoms with Crippen molar-refractivity contribution in [1.82, 2.24) is 0 Å². The summed E-state index contributed by atoms with van der Waals surface area (Å²) in [6, 6.07) is 19.6. The average molecular weight is 313 g/mol. The quantitative estimate of drug-likeness (QED) is 0.855. The van der Waals surface area contributed by atoms with E-state index >= 15 is 0 Å². The van der Waals surface area contributed by atoms with Gasteiger partial charge in [-0.1, -0.05) is 60.7 Å². The second kappa shape index (κ2) is 6.65. The number of rotatable bonds is 3. The first-order valence-electron chi connectivity index (χ1n) is 5.40. The molecule has 0 saturated carbocycles. The zero-order chi connectivity index (χ0) is 11.4. The van der Waals surface area contributed by atoms with Crippen LogP contribution in [-0.4, -0.2) is 0 Å². The van der Waals surface area contributed by atoms with Gasteiger partial charge in [0.1, 0.15) is 0 Å². The number of hydrogen-bond acceptors (Lipinski definition) is 2. The standard InChI is InChI=1S/C14H16N2.Ru/c15-13(11-7-3-1-4-8-11)14(16)12-9-5-2-6-10-12;/h1-10,13-14H,15-16H2;/t13-,14-;/m1./s1. The van der Waals surface area contributed by atoms with Crippen molar-refractivity contribution in [2.24, 2.45) is 11.5 Å². The van der Waals surface area contributed by atoms with E-state index in [1.807, 2.05) is 60.7 Å². The van der Waals surface area contributed by atoms with Crippen molar-refractivity contribution >= 4 is 0 Å². The van der Waals surface area contributed by atoms with E-state index in [-0.39, 0.29) is 31.6 Å². The van der Waals surface area contributed by atoms with Gasteiger partial charge in [0.05, 0.1) is 0 Å². The van der Waals surface area contributed by atoms with E-state index in [0.29, 0.717) is 0 Å². The fourth-order valence-electron chi connectivity index (χ4n) is 1.77. The Balaban J connectivity index is 0.00000144. The van der Waals surface area contributed by atoms with Crippen LogP contribution in [0.2, 0.25) is 0 Å². The molecule has 0 heterocycles. The molecule has 0 aromatic heterocycles. The van der Waals surface area contributed by atoms with Gasteiger partial charge in [-0.3, -0.25) is 0 Å². The van der Waals surface area contributed by atoms with Crippen LogP contribution in [0.3, 0.4) is 0 Å². The van der Waals surface area contributed by atoms with E-state index in [4.69, 9.17) is 11.5 Å². The fraction of sp³-hybridized carbons (Fsp3) is 0.143. The van der Waals surface area contributed by atoms with Crippen molar-refractivity contribution in [1.29, 1.82) is 0 Å². The van der Waals surface area contributed by atoms with Gasteiger partial charge in [0, 0.05) is 31.6 Å². The van der Waals surface area contributed by atoms with Crippen LogP contribution < -0.4 is 11.5 Å². The molecule has 2 rings (SSSR count). The maximum absolute atomic E-state index is 6.15. The van der Waals surface area contributed by atoms with Crippen LogP contribution in [0, 0.1) is 0 Å². The van der Waals surface area contributed by atoms with E-state index in [1.54, 1.807) is 0 Å². The molecular formula is C14H16N2Ru. The van der Waals surface area contributed by atoms with Crippen LogP contribution in [0.4, 0.5) is 0 Å². The molecule has 17 heavy (non-hydrogen) atoms. The number of benzene rings is 2. The summed E-state index contributed by atoms with van der Waals surface area (Å²) in [6.07, 6.45) is 0. The van der Waals surface area contributed by atoms with Crippen LogP contribution in [0.15, 0.2) is 60.7 Å². The maximum atomic E-state index is 6.15. The summed E-state index contributed by atoms with van der Waals surface area (Å²) in [4.78, 5) is 0. The maximum Gasteiger partial charge on any atom is 0.0491 e. The van der Waals surface area contributed by atoms with Crippen molar-refractivity contribution in [3.63, 3.8) is 0 Å². The minimum absolute atomic E-state index is 0. The van der Waals surface area contributed by atoms with Crippen molar-refractivity contribution in [3.05, 3.63) is 71.8 Å². The monoisotopic (exact) mass is 314 g/mol. The van der Waals surface area contributed by atoms with Gasteiger partial charge in [0.15, 0.2) is 0 Å². The summed E-state index contributed by atoms with van der Waals surface area (Å²) < 4.78 is 0. The molecule has 0 unspecified atom stereocenters. The summed E-state index contributed by atoms with van der Waals surface area (Å²) in [5.74, 6) is 0. The van der Waals surface area contributed by atoms with E-state index in [1.165, 1.54) is 0 Å². The van der Waals surface area contributed by atoms with Gasteiger partial charge in [-0.2, -0.15) is 0 Å². The SMILES string of the molecule is N[C@H](c1ccccc1)[C@H](N)c1ccccc1.[Ru]. The average Bonchev–Trinajstić information content (AvgIpc) is 2.39. The normalized spacial score (nSPS) is 13.5. The van der Waals surface area contributed by atoms with Gasteiger partial charge in [0.25, 0.3) is 0 Å². The van der Waals surface area contributed by atoms with E-state index in [9.17, 15) is 0 Å². The van der Waals surface area contributed by atoms with Gasteiger partial charge in [-0.25, -0.2) is 0 Å². The Bertz CT molecular complexity index is 387. The van der Waals surface area contributed by atoms with Gasteiger partial charge in [-0.15, -0.1) is 0 Å². The minimum Gasteiger partial charge on any atom is -0.322 e. The van der Waals surface area contributed by atoms with Crippen LogP contribution in [0.25, 0.3) is 0 Å². The molecule has 0 aliphatic heterocycles. The van der Waals surface area contributed by atoms with Gasteiger partial charge in [0.2, 0.25) is 0 Å². The molecule has 0 fully saturated rings. The van der Waals surface area contributed by atoms with E-state index < -0.39 is 0 Å². The van der Waals surface area contributed by atoms with Gasteiger partial charge in [-0.05, 0) is 11.1 Å². The molecule has 0 spiro atoms. The zero-order valence-electron chi connectivity index (χ0n) is 9.44. The molecular weight excluding hydrogens is 297 g/mol. The zero-order valence-corrected chi connectivity index (χ0v) is 11.2. The predicted octanol–water partition coefficient (Wildman–Crippen LogP) is 2.38. The van der Waals surface area contributed by atoms with E-state index in [0.717, 1.165) is 11.1 Å². The third-order valence-corrected chi connectivity index (χ3v) is 2.76. The first-order chi connectivity index (χ1) is 7.79. The fourth-order valence-corrected chi connectivity index (χ4v) is 1.77. The molecule has 2 aromatic carbocycles. The molecule has 90 valence electrons.